The summed E-state index contributed by atoms with van der Waals surface area (Å²) in [5.41, 5.74) is 1.31. The van der Waals surface area contributed by atoms with Crippen LogP contribution in [0.2, 0.25) is 0 Å². The average molecular weight is 392 g/mol. The zero-order valence-corrected chi connectivity index (χ0v) is 15.6. The molecule has 0 aliphatic carbocycles. The molecule has 0 radical (unpaired) electrons. The molecule has 2 aromatic heterocycles. The quantitative estimate of drug-likeness (QED) is 0.631. The maximum atomic E-state index is 12.3. The molecule has 1 atom stereocenters. The van der Waals surface area contributed by atoms with Gasteiger partial charge in [0.25, 0.3) is 0 Å². The van der Waals surface area contributed by atoms with Gasteiger partial charge in [0.2, 0.25) is 5.91 Å². The second-order valence-electron chi connectivity index (χ2n) is 5.97. The molecular formula is C19H18F2N2O3S. The van der Waals surface area contributed by atoms with Gasteiger partial charge in [-0.15, -0.1) is 11.3 Å². The molecule has 8 heteroatoms. The largest absolute Gasteiger partial charge is 0.459 e. The van der Waals surface area contributed by atoms with E-state index in [1.54, 1.807) is 19.1 Å². The summed E-state index contributed by atoms with van der Waals surface area (Å²) in [6.07, 6.45) is 0.119. The number of benzene rings is 1. The minimum atomic E-state index is -2.89. The SMILES string of the molecule is Cc1ccc(-c2nc(CC(=O)NC(C)c3cccc(OC(F)F)c3)cs2)o1. The van der Waals surface area contributed by atoms with Gasteiger partial charge >= 0.3 is 6.61 Å². The Morgan fingerprint density at radius 3 is 2.85 bits per heavy atom. The summed E-state index contributed by atoms with van der Waals surface area (Å²) in [5.74, 6) is 1.32. The van der Waals surface area contributed by atoms with Gasteiger partial charge in [-0.05, 0) is 43.7 Å². The molecule has 1 unspecified atom stereocenters. The highest BCUT2D eigenvalue weighted by molar-refractivity contribution is 7.13. The Kier molecular flexibility index (Phi) is 5.85. The first-order valence-corrected chi connectivity index (χ1v) is 9.14. The predicted octanol–water partition coefficient (Wildman–Crippen LogP) is 4.73. The van der Waals surface area contributed by atoms with Crippen molar-refractivity contribution in [2.75, 3.05) is 0 Å². The van der Waals surface area contributed by atoms with Gasteiger partial charge in [0.1, 0.15) is 11.5 Å². The summed E-state index contributed by atoms with van der Waals surface area (Å²) in [6.45, 7) is 0.744. The number of carbonyl (C=O) groups is 1. The van der Waals surface area contributed by atoms with Crippen LogP contribution in [0.1, 0.15) is 30.0 Å². The maximum absolute atomic E-state index is 12.3. The highest BCUT2D eigenvalue weighted by atomic mass is 32.1. The third kappa shape index (κ3) is 5.13. The normalized spacial score (nSPS) is 12.2. The number of alkyl halides is 2. The number of amides is 1. The van der Waals surface area contributed by atoms with Gasteiger partial charge in [-0.1, -0.05) is 12.1 Å². The van der Waals surface area contributed by atoms with Gasteiger partial charge < -0.3 is 14.5 Å². The van der Waals surface area contributed by atoms with Crippen molar-refractivity contribution in [3.05, 3.63) is 58.8 Å². The number of furan rings is 1. The van der Waals surface area contributed by atoms with Crippen LogP contribution in [0.25, 0.3) is 10.8 Å². The van der Waals surface area contributed by atoms with Crippen molar-refractivity contribution in [3.63, 3.8) is 0 Å². The number of aryl methyl sites for hydroxylation is 1. The molecule has 0 saturated heterocycles. The Hall–Kier alpha value is -2.74. The zero-order chi connectivity index (χ0) is 19.4. The van der Waals surface area contributed by atoms with Gasteiger partial charge in [0.15, 0.2) is 10.8 Å². The van der Waals surface area contributed by atoms with Gasteiger partial charge in [0.05, 0.1) is 18.2 Å². The van der Waals surface area contributed by atoms with Gasteiger partial charge in [0, 0.05) is 5.38 Å². The second kappa shape index (κ2) is 8.30. The number of ether oxygens (including phenoxy) is 1. The fraction of sp³-hybridized carbons (Fsp3) is 0.263. The molecule has 1 aromatic carbocycles. The van der Waals surface area contributed by atoms with E-state index in [0.29, 0.717) is 17.0 Å². The van der Waals surface area contributed by atoms with Crippen LogP contribution in [-0.4, -0.2) is 17.5 Å². The summed E-state index contributed by atoms with van der Waals surface area (Å²) in [5, 5.41) is 5.37. The van der Waals surface area contributed by atoms with Gasteiger partial charge in [-0.3, -0.25) is 4.79 Å². The lowest BCUT2D eigenvalue weighted by atomic mass is 10.1. The monoisotopic (exact) mass is 392 g/mol. The Morgan fingerprint density at radius 2 is 2.15 bits per heavy atom. The minimum absolute atomic E-state index is 0.0569. The zero-order valence-electron chi connectivity index (χ0n) is 14.7. The number of hydrogen-bond donors (Lipinski definition) is 1. The number of carbonyl (C=O) groups excluding carboxylic acids is 1. The van der Waals surface area contributed by atoms with Crippen molar-refractivity contribution in [2.24, 2.45) is 0 Å². The topological polar surface area (TPSA) is 64.4 Å². The summed E-state index contributed by atoms with van der Waals surface area (Å²) >= 11 is 1.41. The molecule has 0 spiro atoms. The van der Waals surface area contributed by atoms with E-state index in [2.05, 4.69) is 15.0 Å². The summed E-state index contributed by atoms with van der Waals surface area (Å²) in [7, 11) is 0. The van der Waals surface area contributed by atoms with Crippen molar-refractivity contribution >= 4 is 17.2 Å². The van der Waals surface area contributed by atoms with Crippen molar-refractivity contribution in [2.45, 2.75) is 32.9 Å². The molecule has 0 aliphatic heterocycles. The number of nitrogens with one attached hydrogen (secondary N) is 1. The second-order valence-corrected chi connectivity index (χ2v) is 6.83. The molecule has 5 nitrogen and oxygen atoms in total. The fourth-order valence-corrected chi connectivity index (χ4v) is 3.33. The predicted molar refractivity (Wildman–Crippen MR) is 97.9 cm³/mol. The van der Waals surface area contributed by atoms with Crippen LogP contribution in [-0.2, 0) is 11.2 Å². The molecule has 2 heterocycles. The highest BCUT2D eigenvalue weighted by Crippen LogP contribution is 2.26. The van der Waals surface area contributed by atoms with E-state index in [-0.39, 0.29) is 24.1 Å². The van der Waals surface area contributed by atoms with Crippen LogP contribution >= 0.6 is 11.3 Å². The molecule has 0 fully saturated rings. The number of nitrogens with zero attached hydrogens (tertiary/aromatic N) is 1. The van der Waals surface area contributed by atoms with E-state index in [9.17, 15) is 13.6 Å². The Morgan fingerprint density at radius 1 is 1.33 bits per heavy atom. The lowest BCUT2D eigenvalue weighted by Gasteiger charge is -2.15. The molecular weight excluding hydrogens is 374 g/mol. The van der Waals surface area contributed by atoms with Gasteiger partial charge in [-0.2, -0.15) is 8.78 Å². The van der Waals surface area contributed by atoms with Crippen LogP contribution in [0.4, 0.5) is 8.78 Å². The smallest absolute Gasteiger partial charge is 0.387 e. The fourth-order valence-electron chi connectivity index (χ4n) is 2.55. The van der Waals surface area contributed by atoms with E-state index < -0.39 is 6.61 Å². The number of aromatic nitrogens is 1. The number of halogens is 2. The Labute approximate surface area is 159 Å². The maximum Gasteiger partial charge on any atom is 0.387 e. The summed E-state index contributed by atoms with van der Waals surface area (Å²) in [6, 6.07) is 9.61. The lowest BCUT2D eigenvalue weighted by molar-refractivity contribution is -0.121. The molecule has 3 aromatic rings. The third-order valence-electron chi connectivity index (χ3n) is 3.81. The van der Waals surface area contributed by atoms with E-state index >= 15 is 0 Å². The summed E-state index contributed by atoms with van der Waals surface area (Å²) in [4.78, 5) is 16.7. The first kappa shape index (κ1) is 19.0. The van der Waals surface area contributed by atoms with Crippen LogP contribution in [0.3, 0.4) is 0 Å². The molecule has 0 saturated carbocycles. The van der Waals surface area contributed by atoms with Crippen LogP contribution in [0, 0.1) is 6.92 Å². The molecule has 3 rings (SSSR count). The Bertz CT molecular complexity index is 923. The van der Waals surface area contributed by atoms with Crippen molar-refractivity contribution < 1.29 is 22.7 Å². The molecule has 0 aliphatic rings. The average Bonchev–Trinajstić information content (AvgIpc) is 3.23. The minimum Gasteiger partial charge on any atom is -0.459 e. The van der Waals surface area contributed by atoms with Crippen LogP contribution < -0.4 is 10.1 Å². The van der Waals surface area contributed by atoms with E-state index in [1.807, 2.05) is 24.4 Å². The Balaban J connectivity index is 1.60. The number of hydrogen-bond acceptors (Lipinski definition) is 5. The number of thiazole rings is 1. The van der Waals surface area contributed by atoms with E-state index in [4.69, 9.17) is 4.42 Å². The first-order chi connectivity index (χ1) is 12.9. The molecule has 1 N–H and O–H groups in total. The van der Waals surface area contributed by atoms with Crippen LogP contribution in [0.15, 0.2) is 46.2 Å². The molecule has 1 amide bonds. The molecule has 0 bridgehead atoms. The third-order valence-corrected chi connectivity index (χ3v) is 4.71. The van der Waals surface area contributed by atoms with Crippen LogP contribution in [0.5, 0.6) is 5.75 Å². The van der Waals surface area contributed by atoms with Gasteiger partial charge in [-0.25, -0.2) is 4.98 Å². The summed E-state index contributed by atoms with van der Waals surface area (Å²) < 4.78 is 34.6. The van der Waals surface area contributed by atoms with E-state index in [1.165, 1.54) is 23.5 Å². The first-order valence-electron chi connectivity index (χ1n) is 8.26. The van der Waals surface area contributed by atoms with Crippen molar-refractivity contribution in [1.82, 2.24) is 10.3 Å². The molecule has 142 valence electrons. The number of rotatable bonds is 7. The standard InChI is InChI=1S/C19H18F2N2O3S/c1-11-6-7-16(25-11)18-23-14(10-27-18)9-17(24)22-12(2)13-4-3-5-15(8-13)26-19(20)21/h3-8,10,12,19H,9H2,1-2H3,(H,22,24). The van der Waals surface area contributed by atoms with E-state index in [0.717, 1.165) is 10.8 Å². The van der Waals surface area contributed by atoms with Crippen molar-refractivity contribution in [1.29, 1.82) is 0 Å². The lowest BCUT2D eigenvalue weighted by Crippen LogP contribution is -2.28. The molecule has 27 heavy (non-hydrogen) atoms. The highest BCUT2D eigenvalue weighted by Gasteiger charge is 2.15. The van der Waals surface area contributed by atoms with Crippen molar-refractivity contribution in [3.8, 4) is 16.5 Å².